The van der Waals surface area contributed by atoms with Crippen molar-refractivity contribution in [2.75, 3.05) is 20.8 Å². The monoisotopic (exact) mass is 293 g/mol. The van der Waals surface area contributed by atoms with Crippen LogP contribution in [0.2, 0.25) is 0 Å². The van der Waals surface area contributed by atoms with Gasteiger partial charge in [-0.15, -0.1) is 0 Å². The summed E-state index contributed by atoms with van der Waals surface area (Å²) in [7, 11) is 2.46. The SMILES string of the molecule is COC(=O)CC(=O)N(CC(=O)OC)C(C)c1ccccc1. The molecule has 21 heavy (non-hydrogen) atoms. The van der Waals surface area contributed by atoms with E-state index in [0.29, 0.717) is 0 Å². The number of nitrogens with zero attached hydrogens (tertiary/aromatic N) is 1. The summed E-state index contributed by atoms with van der Waals surface area (Å²) in [5.41, 5.74) is 0.861. The minimum atomic E-state index is -0.643. The molecule has 1 rings (SSSR count). The van der Waals surface area contributed by atoms with Crippen LogP contribution in [0.5, 0.6) is 0 Å². The average molecular weight is 293 g/mol. The molecule has 0 radical (unpaired) electrons. The Kier molecular flexibility index (Phi) is 6.39. The van der Waals surface area contributed by atoms with Gasteiger partial charge in [-0.2, -0.15) is 0 Å². The summed E-state index contributed by atoms with van der Waals surface area (Å²) in [6.07, 6.45) is -0.412. The van der Waals surface area contributed by atoms with Crippen LogP contribution in [-0.2, 0) is 23.9 Å². The van der Waals surface area contributed by atoms with Gasteiger partial charge < -0.3 is 14.4 Å². The molecule has 0 saturated carbocycles. The van der Waals surface area contributed by atoms with Crippen molar-refractivity contribution in [2.45, 2.75) is 19.4 Å². The van der Waals surface area contributed by atoms with Crippen molar-refractivity contribution >= 4 is 17.8 Å². The molecule has 0 fully saturated rings. The van der Waals surface area contributed by atoms with Crippen LogP contribution in [0.1, 0.15) is 24.9 Å². The molecule has 0 aliphatic carbocycles. The molecule has 1 unspecified atom stereocenters. The first-order valence-corrected chi connectivity index (χ1v) is 6.47. The zero-order valence-corrected chi connectivity index (χ0v) is 12.4. The van der Waals surface area contributed by atoms with E-state index in [1.165, 1.54) is 19.1 Å². The predicted octanol–water partition coefficient (Wildman–Crippen LogP) is 1.31. The molecule has 1 aromatic rings. The third-order valence-corrected chi connectivity index (χ3v) is 3.12. The van der Waals surface area contributed by atoms with E-state index in [4.69, 9.17) is 0 Å². The molecule has 0 spiro atoms. The fraction of sp³-hybridized carbons (Fsp3) is 0.400. The van der Waals surface area contributed by atoms with Gasteiger partial charge in [-0.05, 0) is 12.5 Å². The molecular formula is C15H19NO5. The van der Waals surface area contributed by atoms with Gasteiger partial charge in [0.2, 0.25) is 5.91 Å². The molecule has 0 heterocycles. The topological polar surface area (TPSA) is 72.9 Å². The number of amides is 1. The summed E-state index contributed by atoms with van der Waals surface area (Å²) in [4.78, 5) is 36.2. The maximum absolute atomic E-state index is 12.2. The Bertz CT molecular complexity index is 500. The molecule has 6 heteroatoms. The molecule has 114 valence electrons. The Balaban J connectivity index is 2.93. The van der Waals surface area contributed by atoms with Crippen molar-refractivity contribution in [3.63, 3.8) is 0 Å². The number of carbonyl (C=O) groups excluding carboxylic acids is 3. The molecule has 0 aliphatic heterocycles. The smallest absolute Gasteiger partial charge is 0.325 e. The number of esters is 2. The zero-order valence-electron chi connectivity index (χ0n) is 12.4. The fourth-order valence-corrected chi connectivity index (χ4v) is 1.85. The Morgan fingerprint density at radius 2 is 1.62 bits per heavy atom. The van der Waals surface area contributed by atoms with E-state index >= 15 is 0 Å². The lowest BCUT2D eigenvalue weighted by molar-refractivity contribution is -0.153. The summed E-state index contributed by atoms with van der Waals surface area (Å²) in [5.74, 6) is -1.67. The Morgan fingerprint density at radius 1 is 1.05 bits per heavy atom. The quantitative estimate of drug-likeness (QED) is 0.584. The van der Waals surface area contributed by atoms with Gasteiger partial charge >= 0.3 is 11.9 Å². The minimum Gasteiger partial charge on any atom is -0.469 e. The number of methoxy groups -OCH3 is 2. The van der Waals surface area contributed by atoms with E-state index < -0.39 is 24.3 Å². The highest BCUT2D eigenvalue weighted by atomic mass is 16.5. The maximum atomic E-state index is 12.2. The Morgan fingerprint density at radius 3 is 2.14 bits per heavy atom. The summed E-state index contributed by atoms with van der Waals surface area (Å²) in [6, 6.07) is 8.88. The minimum absolute atomic E-state index is 0.220. The third kappa shape index (κ3) is 4.91. The highest BCUT2D eigenvalue weighted by molar-refractivity contribution is 5.95. The van der Waals surface area contributed by atoms with Crippen molar-refractivity contribution in [3.05, 3.63) is 35.9 Å². The van der Waals surface area contributed by atoms with Crippen LogP contribution in [0.4, 0.5) is 0 Å². The van der Waals surface area contributed by atoms with Gasteiger partial charge in [-0.1, -0.05) is 30.3 Å². The molecular weight excluding hydrogens is 274 g/mol. The van der Waals surface area contributed by atoms with Gasteiger partial charge in [0.05, 0.1) is 20.3 Å². The summed E-state index contributed by atoms with van der Waals surface area (Å²) in [5, 5.41) is 0. The molecule has 6 nitrogen and oxygen atoms in total. The molecule has 0 saturated heterocycles. The molecule has 0 bridgehead atoms. The molecule has 0 aliphatic rings. The van der Waals surface area contributed by atoms with Crippen LogP contribution < -0.4 is 0 Å². The Labute approximate surface area is 123 Å². The third-order valence-electron chi connectivity index (χ3n) is 3.12. The van der Waals surface area contributed by atoms with Gasteiger partial charge in [0, 0.05) is 0 Å². The standard InChI is InChI=1S/C15H19NO5/c1-11(12-7-5-4-6-8-12)16(10-15(19)21-3)13(17)9-14(18)20-2/h4-8,11H,9-10H2,1-3H3. The summed E-state index contributed by atoms with van der Waals surface area (Å²) in [6.45, 7) is 1.57. The van der Waals surface area contributed by atoms with Crippen LogP contribution in [0, 0.1) is 0 Å². The molecule has 1 aromatic carbocycles. The van der Waals surface area contributed by atoms with E-state index in [0.717, 1.165) is 5.56 Å². The summed E-state index contributed by atoms with van der Waals surface area (Å²) >= 11 is 0. The number of rotatable bonds is 6. The van der Waals surface area contributed by atoms with E-state index in [9.17, 15) is 14.4 Å². The summed E-state index contributed by atoms with van der Waals surface area (Å²) < 4.78 is 9.08. The van der Waals surface area contributed by atoms with Crippen LogP contribution in [0.25, 0.3) is 0 Å². The lowest BCUT2D eigenvalue weighted by Gasteiger charge is -2.28. The van der Waals surface area contributed by atoms with Gasteiger partial charge in [0.25, 0.3) is 0 Å². The second-order valence-corrected chi connectivity index (χ2v) is 4.44. The lowest BCUT2D eigenvalue weighted by Crippen LogP contribution is -2.39. The predicted molar refractivity (Wildman–Crippen MR) is 75.2 cm³/mol. The first kappa shape index (κ1) is 16.7. The normalized spacial score (nSPS) is 11.4. The number of carbonyl (C=O) groups is 3. The number of hydrogen-bond acceptors (Lipinski definition) is 5. The average Bonchev–Trinajstić information content (AvgIpc) is 2.52. The van der Waals surface area contributed by atoms with E-state index in [1.807, 2.05) is 30.3 Å². The number of hydrogen-bond donors (Lipinski definition) is 0. The van der Waals surface area contributed by atoms with Crippen LogP contribution >= 0.6 is 0 Å². The molecule has 1 atom stereocenters. The molecule has 0 aromatic heterocycles. The van der Waals surface area contributed by atoms with Crippen LogP contribution in [0.15, 0.2) is 30.3 Å². The van der Waals surface area contributed by atoms with Crippen molar-refractivity contribution in [3.8, 4) is 0 Å². The number of ether oxygens (including phenoxy) is 2. The van der Waals surface area contributed by atoms with Crippen LogP contribution in [0.3, 0.4) is 0 Å². The van der Waals surface area contributed by atoms with Gasteiger partial charge in [0.15, 0.2) is 0 Å². The highest BCUT2D eigenvalue weighted by Gasteiger charge is 2.26. The first-order valence-electron chi connectivity index (χ1n) is 6.47. The van der Waals surface area contributed by atoms with E-state index in [1.54, 1.807) is 6.92 Å². The van der Waals surface area contributed by atoms with Crippen LogP contribution in [-0.4, -0.2) is 43.5 Å². The molecule has 0 N–H and O–H groups in total. The highest BCUT2D eigenvalue weighted by Crippen LogP contribution is 2.20. The van der Waals surface area contributed by atoms with Crippen molar-refractivity contribution < 1.29 is 23.9 Å². The van der Waals surface area contributed by atoms with Crippen molar-refractivity contribution in [2.24, 2.45) is 0 Å². The largest absolute Gasteiger partial charge is 0.469 e. The van der Waals surface area contributed by atoms with E-state index in [2.05, 4.69) is 9.47 Å². The second kappa shape index (κ2) is 8.04. The maximum Gasteiger partial charge on any atom is 0.325 e. The zero-order chi connectivity index (χ0) is 15.8. The fourth-order valence-electron chi connectivity index (χ4n) is 1.85. The van der Waals surface area contributed by atoms with Crippen molar-refractivity contribution in [1.29, 1.82) is 0 Å². The number of benzene rings is 1. The molecule has 1 amide bonds. The van der Waals surface area contributed by atoms with E-state index in [-0.39, 0.29) is 12.6 Å². The van der Waals surface area contributed by atoms with Crippen molar-refractivity contribution in [1.82, 2.24) is 4.90 Å². The van der Waals surface area contributed by atoms with Gasteiger partial charge in [-0.25, -0.2) is 0 Å². The van der Waals surface area contributed by atoms with Gasteiger partial charge in [0.1, 0.15) is 13.0 Å². The van der Waals surface area contributed by atoms with Gasteiger partial charge in [-0.3, -0.25) is 14.4 Å². The lowest BCUT2D eigenvalue weighted by atomic mass is 10.1. The Hall–Kier alpha value is -2.37. The second-order valence-electron chi connectivity index (χ2n) is 4.44. The first-order chi connectivity index (χ1) is 9.99.